The summed E-state index contributed by atoms with van der Waals surface area (Å²) in [7, 11) is 1.60. The predicted molar refractivity (Wildman–Crippen MR) is 81.1 cm³/mol. The van der Waals surface area contributed by atoms with Crippen molar-refractivity contribution in [1.82, 2.24) is 5.32 Å². The lowest BCUT2D eigenvalue weighted by Gasteiger charge is -2.13. The van der Waals surface area contributed by atoms with Gasteiger partial charge in [0, 0.05) is 12.1 Å². The van der Waals surface area contributed by atoms with Crippen LogP contribution in [0.5, 0.6) is 11.5 Å². The minimum Gasteiger partial charge on any atom is -1.00 e. The van der Waals surface area contributed by atoms with Crippen LogP contribution < -0.4 is 27.2 Å². The first-order valence-corrected chi connectivity index (χ1v) is 6.98. The van der Waals surface area contributed by atoms with Crippen molar-refractivity contribution in [1.29, 1.82) is 0 Å². The average Bonchev–Trinajstić information content (AvgIpc) is 2.52. The SMILES string of the molecule is CCNCc1ccc(OCc2ccccc2F)c(OC)c1.[Cl-]. The molecule has 0 aliphatic carbocycles. The van der Waals surface area contributed by atoms with Crippen molar-refractivity contribution >= 4 is 0 Å². The van der Waals surface area contributed by atoms with E-state index in [2.05, 4.69) is 12.2 Å². The fourth-order valence-electron chi connectivity index (χ4n) is 1.98. The molecular formula is C17H20ClFNO2-. The van der Waals surface area contributed by atoms with Crippen LogP contribution in [0.3, 0.4) is 0 Å². The second-order valence-electron chi connectivity index (χ2n) is 4.65. The molecule has 0 fully saturated rings. The first-order chi connectivity index (χ1) is 10.2. The van der Waals surface area contributed by atoms with Crippen molar-refractivity contribution in [2.24, 2.45) is 0 Å². The molecule has 0 atom stereocenters. The molecule has 22 heavy (non-hydrogen) atoms. The number of hydrogen-bond donors (Lipinski definition) is 1. The monoisotopic (exact) mass is 324 g/mol. The summed E-state index contributed by atoms with van der Waals surface area (Å²) in [5, 5.41) is 3.25. The molecule has 2 aromatic rings. The highest BCUT2D eigenvalue weighted by molar-refractivity contribution is 5.43. The molecule has 0 unspecified atom stereocenters. The lowest BCUT2D eigenvalue weighted by Crippen LogP contribution is -3.00. The van der Waals surface area contributed by atoms with Crippen LogP contribution in [0.1, 0.15) is 18.1 Å². The first-order valence-electron chi connectivity index (χ1n) is 6.98. The van der Waals surface area contributed by atoms with Gasteiger partial charge in [0.2, 0.25) is 0 Å². The van der Waals surface area contributed by atoms with Crippen LogP contribution in [0.15, 0.2) is 42.5 Å². The van der Waals surface area contributed by atoms with Gasteiger partial charge in [0.1, 0.15) is 12.4 Å². The maximum atomic E-state index is 13.6. The van der Waals surface area contributed by atoms with Crippen LogP contribution in [0, 0.1) is 5.82 Å². The summed E-state index contributed by atoms with van der Waals surface area (Å²) in [6.45, 7) is 3.92. The summed E-state index contributed by atoms with van der Waals surface area (Å²) in [6.07, 6.45) is 0. The van der Waals surface area contributed by atoms with E-state index in [-0.39, 0.29) is 24.8 Å². The topological polar surface area (TPSA) is 30.5 Å². The van der Waals surface area contributed by atoms with E-state index in [9.17, 15) is 4.39 Å². The van der Waals surface area contributed by atoms with Gasteiger partial charge in [-0.3, -0.25) is 0 Å². The summed E-state index contributed by atoms with van der Waals surface area (Å²) in [5.41, 5.74) is 1.64. The molecule has 0 saturated carbocycles. The van der Waals surface area contributed by atoms with E-state index in [1.807, 2.05) is 18.2 Å². The Bertz CT molecular complexity index is 593. The lowest BCUT2D eigenvalue weighted by molar-refractivity contribution is -0.00000557. The standard InChI is InChI=1S/C17H20FNO2.ClH/c1-3-19-11-13-8-9-16(17(10-13)20-2)21-12-14-6-4-5-7-15(14)18;/h4-10,19H,3,11-12H2,1-2H3;1H/p-1. The number of methoxy groups -OCH3 is 1. The molecule has 0 bridgehead atoms. The fourth-order valence-corrected chi connectivity index (χ4v) is 1.98. The molecule has 2 rings (SSSR count). The molecule has 0 aliphatic heterocycles. The first kappa shape index (κ1) is 18.3. The maximum Gasteiger partial charge on any atom is 0.161 e. The molecule has 0 saturated heterocycles. The van der Waals surface area contributed by atoms with Gasteiger partial charge < -0.3 is 27.2 Å². The summed E-state index contributed by atoms with van der Waals surface area (Å²) >= 11 is 0. The third-order valence-corrected chi connectivity index (χ3v) is 3.15. The summed E-state index contributed by atoms with van der Waals surface area (Å²) in [5.74, 6) is 1.00. The zero-order valence-corrected chi connectivity index (χ0v) is 13.5. The normalized spacial score (nSPS) is 9.95. The van der Waals surface area contributed by atoms with Gasteiger partial charge in [0.15, 0.2) is 11.5 Å². The van der Waals surface area contributed by atoms with Crippen molar-refractivity contribution in [3.63, 3.8) is 0 Å². The summed E-state index contributed by atoms with van der Waals surface area (Å²) in [6, 6.07) is 12.3. The molecular weight excluding hydrogens is 305 g/mol. The molecule has 120 valence electrons. The van der Waals surface area contributed by atoms with Crippen LogP contribution in [0.4, 0.5) is 4.39 Å². The molecule has 0 heterocycles. The number of halogens is 2. The van der Waals surface area contributed by atoms with Gasteiger partial charge in [-0.1, -0.05) is 31.2 Å². The Morgan fingerprint density at radius 2 is 1.86 bits per heavy atom. The Kier molecular flexibility index (Phi) is 7.71. The van der Waals surface area contributed by atoms with Gasteiger partial charge in [0.25, 0.3) is 0 Å². The van der Waals surface area contributed by atoms with Crippen molar-refractivity contribution in [2.45, 2.75) is 20.1 Å². The highest BCUT2D eigenvalue weighted by Crippen LogP contribution is 2.29. The summed E-state index contributed by atoms with van der Waals surface area (Å²) < 4.78 is 24.6. The number of benzene rings is 2. The molecule has 0 aliphatic rings. The van der Waals surface area contributed by atoms with Gasteiger partial charge in [-0.25, -0.2) is 4.39 Å². The minimum absolute atomic E-state index is 0. The third kappa shape index (κ3) is 4.90. The van der Waals surface area contributed by atoms with Crippen LogP contribution >= 0.6 is 0 Å². The predicted octanol–water partition coefficient (Wildman–Crippen LogP) is 0.527. The highest BCUT2D eigenvalue weighted by atomic mass is 35.5. The number of ether oxygens (including phenoxy) is 2. The van der Waals surface area contributed by atoms with E-state index < -0.39 is 0 Å². The van der Waals surface area contributed by atoms with E-state index in [0.29, 0.717) is 17.1 Å². The fraction of sp³-hybridized carbons (Fsp3) is 0.294. The zero-order chi connectivity index (χ0) is 15.1. The molecule has 3 nitrogen and oxygen atoms in total. The van der Waals surface area contributed by atoms with Gasteiger partial charge in [-0.05, 0) is 30.3 Å². The van der Waals surface area contributed by atoms with Crippen molar-refractivity contribution in [3.05, 3.63) is 59.4 Å². The van der Waals surface area contributed by atoms with E-state index in [1.165, 1.54) is 6.07 Å². The van der Waals surface area contributed by atoms with Crippen molar-refractivity contribution in [3.8, 4) is 11.5 Å². The third-order valence-electron chi connectivity index (χ3n) is 3.15. The highest BCUT2D eigenvalue weighted by Gasteiger charge is 2.07. The number of nitrogens with one attached hydrogen (secondary N) is 1. The van der Waals surface area contributed by atoms with Crippen molar-refractivity contribution in [2.75, 3.05) is 13.7 Å². The maximum absolute atomic E-state index is 13.6. The van der Waals surface area contributed by atoms with Crippen LogP contribution in [-0.4, -0.2) is 13.7 Å². The van der Waals surface area contributed by atoms with Gasteiger partial charge in [-0.2, -0.15) is 0 Å². The van der Waals surface area contributed by atoms with Gasteiger partial charge in [0.05, 0.1) is 7.11 Å². The number of rotatable bonds is 7. The summed E-state index contributed by atoms with van der Waals surface area (Å²) in [4.78, 5) is 0. The van der Waals surface area contributed by atoms with E-state index in [0.717, 1.165) is 18.7 Å². The van der Waals surface area contributed by atoms with Crippen LogP contribution in [-0.2, 0) is 13.2 Å². The second-order valence-corrected chi connectivity index (χ2v) is 4.65. The minimum atomic E-state index is -0.264. The Morgan fingerprint density at radius 1 is 1.09 bits per heavy atom. The van der Waals surface area contributed by atoms with Gasteiger partial charge >= 0.3 is 0 Å². The van der Waals surface area contributed by atoms with E-state index >= 15 is 0 Å². The van der Waals surface area contributed by atoms with Crippen LogP contribution in [0.2, 0.25) is 0 Å². The largest absolute Gasteiger partial charge is 1.00 e. The Morgan fingerprint density at radius 3 is 2.55 bits per heavy atom. The molecule has 0 spiro atoms. The average molecular weight is 325 g/mol. The second kappa shape index (κ2) is 9.28. The molecule has 5 heteroatoms. The molecule has 2 aromatic carbocycles. The molecule has 0 radical (unpaired) electrons. The molecule has 0 aromatic heterocycles. The zero-order valence-electron chi connectivity index (χ0n) is 12.7. The van der Waals surface area contributed by atoms with Crippen LogP contribution in [0.25, 0.3) is 0 Å². The Hall–Kier alpha value is -1.78. The lowest BCUT2D eigenvalue weighted by atomic mass is 10.2. The Labute approximate surface area is 136 Å². The van der Waals surface area contributed by atoms with E-state index in [4.69, 9.17) is 9.47 Å². The van der Waals surface area contributed by atoms with Crippen molar-refractivity contribution < 1.29 is 26.3 Å². The molecule has 0 amide bonds. The van der Waals surface area contributed by atoms with E-state index in [1.54, 1.807) is 25.3 Å². The van der Waals surface area contributed by atoms with Gasteiger partial charge in [-0.15, -0.1) is 0 Å². The smallest absolute Gasteiger partial charge is 0.161 e. The quantitative estimate of drug-likeness (QED) is 0.806. The number of hydrogen-bond acceptors (Lipinski definition) is 3. The molecule has 1 N–H and O–H groups in total. The Balaban J connectivity index is 0.00000242.